The largest absolute Gasteiger partial charge is 0.458 e. The fourth-order valence-corrected chi connectivity index (χ4v) is 17.2. The van der Waals surface area contributed by atoms with Crippen LogP contribution in [0.4, 0.5) is 0 Å². The fraction of sp³-hybridized carbons (Fsp3) is 0. The van der Waals surface area contributed by atoms with E-state index in [1.54, 1.807) is 0 Å². The Bertz CT molecular complexity index is 4090. The average molecular weight is 935 g/mol. The molecule has 0 unspecified atom stereocenters. The zero-order valence-corrected chi connectivity index (χ0v) is 40.1. The van der Waals surface area contributed by atoms with Crippen LogP contribution in [0.25, 0.3) is 66.1 Å². The molecule has 0 aliphatic carbocycles. The molecule has 4 heterocycles. The van der Waals surface area contributed by atoms with Crippen LogP contribution < -0.4 is 46.6 Å². The average Bonchev–Trinajstić information content (AvgIpc) is 3.97. The fourth-order valence-electron chi connectivity index (χ4n) is 12.4. The molecule has 6 heteroatoms. The predicted molar refractivity (Wildman–Crippen MR) is 302 cm³/mol. The number of para-hydroxylation sites is 4. The van der Waals surface area contributed by atoms with Crippen molar-refractivity contribution in [2.24, 2.45) is 0 Å². The Morgan fingerprint density at radius 1 is 0.319 bits per heavy atom. The van der Waals surface area contributed by atoms with Crippen molar-refractivity contribution in [2.75, 3.05) is 0 Å². The third kappa shape index (κ3) is 5.93. The summed E-state index contributed by atoms with van der Waals surface area (Å²) in [4.78, 5) is 0. The first-order valence-electron chi connectivity index (χ1n) is 24.8. The van der Waals surface area contributed by atoms with Gasteiger partial charge in [0.15, 0.2) is 8.07 Å². The molecule has 0 saturated carbocycles. The standard InChI is InChI=1S/C66H43BN2O2Si/c1-4-21-46(22-5-1)72(47-23-6-2-7-24-47,48-25-8-3-9-26-48)49-27-18-20-44(40-49)54-42-56-65(43-61(54)69-59-34-16-12-30-52(59)53-31-13-17-35-60(53)69)71-64-37-19-36-63-66(64)67(56)55-41-45(38-39-62(55)70-63)68-57-32-14-10-28-50(57)51-29-11-15-33-58(51)68/h1-43H. The second-order valence-corrected chi connectivity index (χ2v) is 22.9. The molecular formula is C66H43BN2O2Si. The summed E-state index contributed by atoms with van der Waals surface area (Å²) in [6, 6.07) is 95.8. The van der Waals surface area contributed by atoms with E-state index < -0.39 is 8.07 Å². The van der Waals surface area contributed by atoms with E-state index in [0.717, 1.165) is 72.9 Å². The second kappa shape index (κ2) is 16.0. The number of fused-ring (bicyclic) bond motifs is 10. The minimum atomic E-state index is -2.90. The van der Waals surface area contributed by atoms with Crippen LogP contribution in [-0.2, 0) is 0 Å². The molecule has 0 saturated heterocycles. The Balaban J connectivity index is 1.02. The van der Waals surface area contributed by atoms with Gasteiger partial charge in [0.05, 0.1) is 27.8 Å². The molecular weight excluding hydrogens is 892 g/mol. The summed E-state index contributed by atoms with van der Waals surface area (Å²) in [6.45, 7) is -0.183. The van der Waals surface area contributed by atoms with Crippen molar-refractivity contribution < 1.29 is 9.47 Å². The van der Waals surface area contributed by atoms with Crippen molar-refractivity contribution in [3.63, 3.8) is 0 Å². The molecule has 15 rings (SSSR count). The molecule has 336 valence electrons. The van der Waals surface area contributed by atoms with E-state index in [2.05, 4.69) is 264 Å². The zero-order valence-electron chi connectivity index (χ0n) is 39.1. The quantitative estimate of drug-likeness (QED) is 0.118. The van der Waals surface area contributed by atoms with Crippen LogP contribution in [-0.4, -0.2) is 23.9 Å². The molecule has 0 spiro atoms. The first-order valence-corrected chi connectivity index (χ1v) is 26.8. The third-order valence-corrected chi connectivity index (χ3v) is 20.2. The summed E-state index contributed by atoms with van der Waals surface area (Å²) in [7, 11) is -2.90. The number of hydrogen-bond donors (Lipinski definition) is 0. The van der Waals surface area contributed by atoms with Gasteiger partial charge in [0.25, 0.3) is 6.71 Å². The number of aromatic nitrogens is 2. The van der Waals surface area contributed by atoms with Crippen molar-refractivity contribution in [3.8, 4) is 45.5 Å². The lowest BCUT2D eigenvalue weighted by Gasteiger charge is -2.35. The first kappa shape index (κ1) is 40.8. The Morgan fingerprint density at radius 2 is 0.764 bits per heavy atom. The van der Waals surface area contributed by atoms with Gasteiger partial charge in [-0.3, -0.25) is 0 Å². The molecule has 2 aliphatic heterocycles. The van der Waals surface area contributed by atoms with Gasteiger partial charge in [-0.15, -0.1) is 0 Å². The molecule has 4 nitrogen and oxygen atoms in total. The van der Waals surface area contributed by atoms with Crippen molar-refractivity contribution in [2.45, 2.75) is 0 Å². The van der Waals surface area contributed by atoms with Crippen molar-refractivity contribution in [1.29, 1.82) is 0 Å². The van der Waals surface area contributed by atoms with Crippen molar-refractivity contribution >= 4 is 95.5 Å². The summed E-state index contributed by atoms with van der Waals surface area (Å²) in [6.07, 6.45) is 0. The summed E-state index contributed by atoms with van der Waals surface area (Å²) in [5.41, 5.74) is 12.3. The van der Waals surface area contributed by atoms with Crippen LogP contribution in [0.2, 0.25) is 0 Å². The molecule has 13 aromatic rings. The van der Waals surface area contributed by atoms with E-state index in [-0.39, 0.29) is 6.71 Å². The zero-order chi connectivity index (χ0) is 47.3. The topological polar surface area (TPSA) is 28.3 Å². The third-order valence-electron chi connectivity index (χ3n) is 15.4. The van der Waals surface area contributed by atoms with Crippen LogP contribution in [0.3, 0.4) is 0 Å². The lowest BCUT2D eigenvalue weighted by atomic mass is 9.34. The Morgan fingerprint density at radius 3 is 1.31 bits per heavy atom. The van der Waals surface area contributed by atoms with E-state index in [9.17, 15) is 0 Å². The predicted octanol–water partition coefficient (Wildman–Crippen LogP) is 11.7. The molecule has 2 aromatic heterocycles. The van der Waals surface area contributed by atoms with Crippen LogP contribution in [0.5, 0.6) is 23.0 Å². The van der Waals surface area contributed by atoms with Crippen LogP contribution >= 0.6 is 0 Å². The SMILES string of the molecule is c1ccc([Si](c2ccccc2)(c2ccccc2)c2cccc(-c3cc4c(cc3-n3c5ccccc5c5ccccc53)Oc3cccc5c3B4c3cc(-n4c6ccccc6c6ccccc64)ccc3O5)c2)cc1. The number of benzene rings is 11. The van der Waals surface area contributed by atoms with E-state index in [4.69, 9.17) is 9.47 Å². The number of rotatable bonds is 7. The molecule has 0 atom stereocenters. The van der Waals surface area contributed by atoms with Gasteiger partial charge in [-0.05, 0) is 91.8 Å². The van der Waals surface area contributed by atoms with E-state index in [1.807, 2.05) is 6.07 Å². The highest BCUT2D eigenvalue weighted by Crippen LogP contribution is 2.42. The maximum Gasteiger partial charge on any atom is 0.260 e. The number of hydrogen-bond acceptors (Lipinski definition) is 2. The number of nitrogens with zero attached hydrogens (tertiary/aromatic N) is 2. The van der Waals surface area contributed by atoms with Crippen molar-refractivity contribution in [1.82, 2.24) is 9.13 Å². The van der Waals surface area contributed by atoms with Gasteiger partial charge in [0.2, 0.25) is 0 Å². The minimum absolute atomic E-state index is 0.183. The van der Waals surface area contributed by atoms with Crippen LogP contribution in [0, 0.1) is 0 Å². The van der Waals surface area contributed by atoms with Gasteiger partial charge < -0.3 is 18.6 Å². The Labute approximate surface area is 418 Å². The van der Waals surface area contributed by atoms with Gasteiger partial charge in [-0.25, -0.2) is 0 Å². The van der Waals surface area contributed by atoms with E-state index in [1.165, 1.54) is 53.3 Å². The van der Waals surface area contributed by atoms with Crippen LogP contribution in [0.15, 0.2) is 261 Å². The smallest absolute Gasteiger partial charge is 0.260 e. The Kier molecular flexibility index (Phi) is 9.04. The minimum Gasteiger partial charge on any atom is -0.458 e. The van der Waals surface area contributed by atoms with Crippen LogP contribution in [0.1, 0.15) is 0 Å². The second-order valence-electron chi connectivity index (χ2n) is 19.1. The highest BCUT2D eigenvalue weighted by molar-refractivity contribution is 7.20. The summed E-state index contributed by atoms with van der Waals surface area (Å²) >= 11 is 0. The van der Waals surface area contributed by atoms with E-state index >= 15 is 0 Å². The maximum absolute atomic E-state index is 7.17. The van der Waals surface area contributed by atoms with Gasteiger partial charge in [-0.2, -0.15) is 0 Å². The van der Waals surface area contributed by atoms with Gasteiger partial charge in [0.1, 0.15) is 23.0 Å². The summed E-state index contributed by atoms with van der Waals surface area (Å²) < 4.78 is 18.9. The van der Waals surface area contributed by atoms with Gasteiger partial charge in [0, 0.05) is 44.3 Å². The number of ether oxygens (including phenoxy) is 2. The summed E-state index contributed by atoms with van der Waals surface area (Å²) in [5, 5.41) is 10.2. The molecule has 11 aromatic carbocycles. The molecule has 0 N–H and O–H groups in total. The Hall–Kier alpha value is -9.10. The maximum atomic E-state index is 7.17. The first-order chi connectivity index (χ1) is 35.7. The highest BCUT2D eigenvalue weighted by atomic mass is 28.3. The highest BCUT2D eigenvalue weighted by Gasteiger charge is 2.43. The molecule has 0 amide bonds. The molecule has 0 radical (unpaired) electrons. The normalized spacial score (nSPS) is 12.6. The molecule has 0 fully saturated rings. The monoisotopic (exact) mass is 934 g/mol. The summed E-state index contributed by atoms with van der Waals surface area (Å²) in [5.74, 6) is 3.31. The lowest BCUT2D eigenvalue weighted by molar-refractivity contribution is 0.464. The van der Waals surface area contributed by atoms with Gasteiger partial charge in [-0.1, -0.05) is 200 Å². The molecule has 72 heavy (non-hydrogen) atoms. The van der Waals surface area contributed by atoms with Crippen molar-refractivity contribution in [3.05, 3.63) is 261 Å². The molecule has 2 aliphatic rings. The van der Waals surface area contributed by atoms with E-state index in [0.29, 0.717) is 0 Å². The lowest BCUT2D eigenvalue weighted by Crippen LogP contribution is -2.74. The molecule has 0 bridgehead atoms. The van der Waals surface area contributed by atoms with Gasteiger partial charge >= 0.3 is 0 Å².